The highest BCUT2D eigenvalue weighted by Crippen LogP contribution is 2.14. The van der Waals surface area contributed by atoms with Crippen molar-refractivity contribution < 1.29 is 9.57 Å². The van der Waals surface area contributed by atoms with Gasteiger partial charge in [-0.05, 0) is 0 Å². The van der Waals surface area contributed by atoms with E-state index in [9.17, 15) is 0 Å². The molecule has 0 amide bonds. The van der Waals surface area contributed by atoms with E-state index in [0.717, 1.165) is 26.4 Å². The second-order valence-corrected chi connectivity index (χ2v) is 2.38. The number of nitrogens with zero attached hydrogens (tertiary/aromatic N) is 1. The average Bonchev–Trinajstić information content (AvgIpc) is 2.11. The third kappa shape index (κ3) is 0.956. The zero-order valence-electron chi connectivity index (χ0n) is 5.25. The van der Waals surface area contributed by atoms with Crippen LogP contribution in [-0.4, -0.2) is 37.5 Å². The topological polar surface area (TPSA) is 21.7 Å². The number of hydrogen-bond acceptors (Lipinski definition) is 3. The molecule has 2 saturated heterocycles. The highest BCUT2D eigenvalue weighted by molar-refractivity contribution is 4.80. The minimum absolute atomic E-state index is 0.531. The summed E-state index contributed by atoms with van der Waals surface area (Å²) in [6.07, 6.45) is 2.12. The molecular weight excluding hydrogens is 118 g/mol. The standard InChI is InChI=1S/C6H10NO2/c1-2-7(9-3-1)6-4-8-5-6/h1,6H,2-5H2. The molecular formula is C6H10NO2. The molecule has 3 heteroatoms. The maximum absolute atomic E-state index is 5.25. The zero-order valence-corrected chi connectivity index (χ0v) is 5.25. The van der Waals surface area contributed by atoms with E-state index >= 15 is 0 Å². The van der Waals surface area contributed by atoms with E-state index in [4.69, 9.17) is 9.57 Å². The van der Waals surface area contributed by atoms with Crippen molar-refractivity contribution in [1.82, 2.24) is 5.06 Å². The van der Waals surface area contributed by atoms with Gasteiger partial charge in [-0.2, -0.15) is 5.06 Å². The SMILES string of the molecule is [CH]1CON(C2COC2)C1. The Bertz CT molecular complexity index is 97.2. The number of rotatable bonds is 1. The van der Waals surface area contributed by atoms with Crippen molar-refractivity contribution in [2.24, 2.45) is 0 Å². The number of ether oxygens (including phenoxy) is 1. The first kappa shape index (κ1) is 5.65. The molecule has 0 unspecified atom stereocenters. The van der Waals surface area contributed by atoms with Crippen LogP contribution in [0.1, 0.15) is 0 Å². The fraction of sp³-hybridized carbons (Fsp3) is 0.833. The van der Waals surface area contributed by atoms with Crippen molar-refractivity contribution in [3.8, 4) is 0 Å². The van der Waals surface area contributed by atoms with E-state index in [-0.39, 0.29) is 0 Å². The summed E-state index contributed by atoms with van der Waals surface area (Å²) in [5.41, 5.74) is 0. The van der Waals surface area contributed by atoms with Gasteiger partial charge in [0, 0.05) is 13.0 Å². The Kier molecular flexibility index (Phi) is 1.41. The molecule has 0 aliphatic carbocycles. The Balaban J connectivity index is 1.82. The van der Waals surface area contributed by atoms with Crippen molar-refractivity contribution in [2.45, 2.75) is 6.04 Å². The average molecular weight is 128 g/mol. The lowest BCUT2D eigenvalue weighted by Gasteiger charge is -2.32. The van der Waals surface area contributed by atoms with E-state index in [2.05, 4.69) is 6.42 Å². The third-order valence-corrected chi connectivity index (χ3v) is 1.69. The van der Waals surface area contributed by atoms with Crippen LogP contribution in [-0.2, 0) is 9.57 Å². The largest absolute Gasteiger partial charge is 0.378 e. The van der Waals surface area contributed by atoms with Crippen molar-refractivity contribution in [2.75, 3.05) is 26.4 Å². The van der Waals surface area contributed by atoms with Crippen LogP contribution in [0.15, 0.2) is 0 Å². The first-order chi connectivity index (χ1) is 4.47. The molecule has 0 N–H and O–H groups in total. The van der Waals surface area contributed by atoms with Gasteiger partial charge < -0.3 is 4.74 Å². The normalized spacial score (nSPS) is 30.7. The summed E-state index contributed by atoms with van der Waals surface area (Å²) >= 11 is 0. The molecule has 1 radical (unpaired) electrons. The quantitative estimate of drug-likeness (QED) is 0.489. The maximum Gasteiger partial charge on any atom is 0.0819 e. The maximum atomic E-state index is 5.25. The highest BCUT2D eigenvalue weighted by atomic mass is 16.7. The van der Waals surface area contributed by atoms with Gasteiger partial charge in [0.25, 0.3) is 0 Å². The van der Waals surface area contributed by atoms with Crippen LogP contribution >= 0.6 is 0 Å². The molecule has 51 valence electrons. The molecule has 0 spiro atoms. The Hall–Kier alpha value is -0.120. The van der Waals surface area contributed by atoms with Gasteiger partial charge in [-0.1, -0.05) is 0 Å². The summed E-state index contributed by atoms with van der Waals surface area (Å²) in [7, 11) is 0. The second-order valence-electron chi connectivity index (χ2n) is 2.38. The highest BCUT2D eigenvalue weighted by Gasteiger charge is 2.28. The Morgan fingerprint density at radius 2 is 2.33 bits per heavy atom. The van der Waals surface area contributed by atoms with Crippen molar-refractivity contribution >= 4 is 0 Å². The summed E-state index contributed by atoms with van der Waals surface area (Å²) in [6.45, 7) is 3.42. The lowest BCUT2D eigenvalue weighted by atomic mass is 10.2. The lowest BCUT2D eigenvalue weighted by molar-refractivity contribution is -0.205. The van der Waals surface area contributed by atoms with E-state index in [1.807, 2.05) is 5.06 Å². The molecule has 2 rings (SSSR count). The van der Waals surface area contributed by atoms with E-state index in [1.54, 1.807) is 0 Å². The van der Waals surface area contributed by atoms with Crippen LogP contribution in [0.2, 0.25) is 0 Å². The van der Waals surface area contributed by atoms with E-state index < -0.39 is 0 Å². The molecule has 0 aromatic heterocycles. The summed E-state index contributed by atoms with van der Waals surface area (Å²) in [6, 6.07) is 0.531. The predicted molar refractivity (Wildman–Crippen MR) is 31.6 cm³/mol. The van der Waals surface area contributed by atoms with Crippen molar-refractivity contribution in [1.29, 1.82) is 0 Å². The van der Waals surface area contributed by atoms with Gasteiger partial charge in [-0.25, -0.2) is 0 Å². The van der Waals surface area contributed by atoms with Crippen LogP contribution in [0.5, 0.6) is 0 Å². The molecule has 2 aliphatic heterocycles. The van der Waals surface area contributed by atoms with E-state index in [0.29, 0.717) is 6.04 Å². The molecule has 9 heavy (non-hydrogen) atoms. The summed E-state index contributed by atoms with van der Waals surface area (Å²) in [4.78, 5) is 5.25. The third-order valence-electron chi connectivity index (χ3n) is 1.69. The molecule has 3 nitrogen and oxygen atoms in total. The Labute approximate surface area is 54.5 Å². The van der Waals surface area contributed by atoms with Gasteiger partial charge in [-0.15, -0.1) is 0 Å². The van der Waals surface area contributed by atoms with E-state index in [1.165, 1.54) is 0 Å². The molecule has 0 bridgehead atoms. The zero-order chi connectivity index (χ0) is 6.10. The van der Waals surface area contributed by atoms with Crippen LogP contribution in [0, 0.1) is 6.42 Å². The van der Waals surface area contributed by atoms with Crippen LogP contribution in [0.3, 0.4) is 0 Å². The molecule has 0 saturated carbocycles. The minimum Gasteiger partial charge on any atom is -0.378 e. The molecule has 0 aromatic rings. The number of hydroxylamine groups is 2. The van der Waals surface area contributed by atoms with Gasteiger partial charge in [0.15, 0.2) is 0 Å². The first-order valence-corrected chi connectivity index (χ1v) is 3.26. The van der Waals surface area contributed by atoms with Crippen LogP contribution < -0.4 is 0 Å². The lowest BCUT2D eigenvalue weighted by Crippen LogP contribution is -2.46. The van der Waals surface area contributed by atoms with Gasteiger partial charge in [-0.3, -0.25) is 4.84 Å². The molecule has 2 aliphatic rings. The Morgan fingerprint density at radius 1 is 1.44 bits per heavy atom. The molecule has 0 aromatic carbocycles. The fourth-order valence-corrected chi connectivity index (χ4v) is 1.03. The summed E-state index contributed by atoms with van der Waals surface area (Å²) in [5.74, 6) is 0. The number of hydrogen-bond donors (Lipinski definition) is 0. The summed E-state index contributed by atoms with van der Waals surface area (Å²) < 4.78 is 5.01. The molecule has 2 fully saturated rings. The molecule has 2 heterocycles. The Morgan fingerprint density at radius 3 is 2.78 bits per heavy atom. The monoisotopic (exact) mass is 128 g/mol. The first-order valence-electron chi connectivity index (χ1n) is 3.26. The fourth-order valence-electron chi connectivity index (χ4n) is 1.03. The van der Waals surface area contributed by atoms with Crippen LogP contribution in [0.25, 0.3) is 0 Å². The molecule has 0 atom stereocenters. The van der Waals surface area contributed by atoms with Crippen molar-refractivity contribution in [3.63, 3.8) is 0 Å². The minimum atomic E-state index is 0.531. The van der Waals surface area contributed by atoms with Gasteiger partial charge in [0.2, 0.25) is 0 Å². The summed E-state index contributed by atoms with van der Waals surface area (Å²) in [5, 5.41) is 1.99. The second kappa shape index (κ2) is 2.25. The smallest absolute Gasteiger partial charge is 0.0819 e. The van der Waals surface area contributed by atoms with Gasteiger partial charge in [0.05, 0.1) is 25.9 Å². The predicted octanol–water partition coefficient (Wildman–Crippen LogP) is -0.163. The van der Waals surface area contributed by atoms with Gasteiger partial charge in [0.1, 0.15) is 0 Å². The van der Waals surface area contributed by atoms with Crippen LogP contribution in [0.4, 0.5) is 0 Å². The van der Waals surface area contributed by atoms with Gasteiger partial charge >= 0.3 is 0 Å². The van der Waals surface area contributed by atoms with Crippen molar-refractivity contribution in [3.05, 3.63) is 6.42 Å².